The van der Waals surface area contributed by atoms with E-state index in [-0.39, 0.29) is 0 Å². The Morgan fingerprint density at radius 3 is 2.89 bits per heavy atom. The Bertz CT molecular complexity index is 459. The molecule has 0 saturated carbocycles. The number of ether oxygens (including phenoxy) is 1. The van der Waals surface area contributed by atoms with Crippen molar-refractivity contribution in [3.8, 4) is 5.75 Å². The summed E-state index contributed by atoms with van der Waals surface area (Å²) in [5, 5.41) is 8.90. The molecule has 1 aromatic rings. The second kappa shape index (κ2) is 6.06. The molecule has 1 aromatic carbocycles. The van der Waals surface area contributed by atoms with E-state index in [0.29, 0.717) is 18.2 Å². The second-order valence-electron chi connectivity index (χ2n) is 5.20. The van der Waals surface area contributed by atoms with Crippen molar-refractivity contribution in [2.45, 2.75) is 32.2 Å². The Morgan fingerprint density at radius 1 is 1.53 bits per heavy atom. The van der Waals surface area contributed by atoms with E-state index in [1.165, 1.54) is 19.4 Å². The first-order valence-corrected chi connectivity index (χ1v) is 6.75. The van der Waals surface area contributed by atoms with Gasteiger partial charge in [-0.2, -0.15) is 0 Å². The van der Waals surface area contributed by atoms with Gasteiger partial charge in [-0.25, -0.2) is 4.79 Å². The fourth-order valence-corrected chi connectivity index (χ4v) is 2.59. The molecule has 1 heterocycles. The zero-order valence-corrected chi connectivity index (χ0v) is 11.6. The fourth-order valence-electron chi connectivity index (χ4n) is 2.59. The second-order valence-corrected chi connectivity index (χ2v) is 5.20. The van der Waals surface area contributed by atoms with Gasteiger partial charge in [0.2, 0.25) is 0 Å². The zero-order chi connectivity index (χ0) is 13.8. The Kier molecular flexibility index (Phi) is 4.43. The minimum absolute atomic E-state index is 0.306. The summed E-state index contributed by atoms with van der Waals surface area (Å²) in [6.07, 6.45) is 3.54. The van der Waals surface area contributed by atoms with Crippen molar-refractivity contribution < 1.29 is 14.6 Å². The number of benzene rings is 1. The molecule has 1 unspecified atom stereocenters. The van der Waals surface area contributed by atoms with Crippen LogP contribution in [0.15, 0.2) is 18.2 Å². The number of aromatic carboxylic acids is 1. The SMILES string of the molecule is Cc1cc(C(=O)O)ccc1OCCC1CCCN1C. The van der Waals surface area contributed by atoms with Crippen LogP contribution in [0, 0.1) is 6.92 Å². The number of nitrogens with zero attached hydrogens (tertiary/aromatic N) is 1. The van der Waals surface area contributed by atoms with Crippen molar-refractivity contribution in [3.63, 3.8) is 0 Å². The van der Waals surface area contributed by atoms with Crippen LogP contribution in [0.2, 0.25) is 0 Å². The lowest BCUT2D eigenvalue weighted by Crippen LogP contribution is -2.26. The molecule has 4 nitrogen and oxygen atoms in total. The highest BCUT2D eigenvalue weighted by Crippen LogP contribution is 2.21. The standard InChI is InChI=1S/C15H21NO3/c1-11-10-12(15(17)18)5-6-14(11)19-9-7-13-4-3-8-16(13)2/h5-6,10,13H,3-4,7-9H2,1-2H3,(H,17,18). The van der Waals surface area contributed by atoms with Gasteiger partial charge >= 0.3 is 5.97 Å². The molecule has 1 saturated heterocycles. The third-order valence-electron chi connectivity index (χ3n) is 3.80. The van der Waals surface area contributed by atoms with Crippen LogP contribution in [-0.2, 0) is 0 Å². The van der Waals surface area contributed by atoms with Crippen molar-refractivity contribution in [2.24, 2.45) is 0 Å². The van der Waals surface area contributed by atoms with Crippen LogP contribution < -0.4 is 4.74 Å². The maximum absolute atomic E-state index is 10.8. The predicted octanol–water partition coefficient (Wildman–Crippen LogP) is 2.56. The predicted molar refractivity (Wildman–Crippen MR) is 73.9 cm³/mol. The molecule has 19 heavy (non-hydrogen) atoms. The molecule has 0 aliphatic carbocycles. The summed E-state index contributed by atoms with van der Waals surface area (Å²) in [5.74, 6) is -0.118. The lowest BCUT2D eigenvalue weighted by atomic mass is 10.1. The molecule has 4 heteroatoms. The summed E-state index contributed by atoms with van der Waals surface area (Å²) in [5.41, 5.74) is 1.18. The first-order chi connectivity index (χ1) is 9.08. The van der Waals surface area contributed by atoms with Crippen molar-refractivity contribution in [1.29, 1.82) is 0 Å². The molecule has 0 bridgehead atoms. The number of rotatable bonds is 5. The number of hydrogen-bond donors (Lipinski definition) is 1. The number of likely N-dealkylation sites (tertiary alicyclic amines) is 1. The van der Waals surface area contributed by atoms with Crippen LogP contribution in [0.4, 0.5) is 0 Å². The molecule has 104 valence electrons. The first-order valence-electron chi connectivity index (χ1n) is 6.75. The number of carbonyl (C=O) groups is 1. The zero-order valence-electron chi connectivity index (χ0n) is 11.6. The summed E-state index contributed by atoms with van der Waals surface area (Å²) in [6.45, 7) is 3.74. The molecular formula is C15H21NO3. The van der Waals surface area contributed by atoms with Gasteiger partial charge in [0.25, 0.3) is 0 Å². The minimum atomic E-state index is -0.901. The van der Waals surface area contributed by atoms with E-state index < -0.39 is 5.97 Å². The average molecular weight is 263 g/mol. The van der Waals surface area contributed by atoms with E-state index in [0.717, 1.165) is 17.7 Å². The first kappa shape index (κ1) is 13.9. The normalized spacial score (nSPS) is 19.6. The van der Waals surface area contributed by atoms with Crippen LogP contribution in [0.3, 0.4) is 0 Å². The summed E-state index contributed by atoms with van der Waals surface area (Å²) in [4.78, 5) is 13.2. The third kappa shape index (κ3) is 3.47. The summed E-state index contributed by atoms with van der Waals surface area (Å²) >= 11 is 0. The van der Waals surface area contributed by atoms with Gasteiger partial charge in [0.1, 0.15) is 5.75 Å². The number of hydrogen-bond acceptors (Lipinski definition) is 3. The molecule has 0 aromatic heterocycles. The highest BCUT2D eigenvalue weighted by Gasteiger charge is 2.20. The smallest absolute Gasteiger partial charge is 0.335 e. The maximum Gasteiger partial charge on any atom is 0.335 e. The van der Waals surface area contributed by atoms with E-state index >= 15 is 0 Å². The molecule has 0 amide bonds. The Balaban J connectivity index is 1.87. The molecule has 1 aliphatic rings. The van der Waals surface area contributed by atoms with Crippen LogP contribution in [0.25, 0.3) is 0 Å². The minimum Gasteiger partial charge on any atom is -0.493 e. The van der Waals surface area contributed by atoms with Gasteiger partial charge in [-0.1, -0.05) is 0 Å². The van der Waals surface area contributed by atoms with E-state index in [9.17, 15) is 4.79 Å². The number of carboxylic acids is 1. The summed E-state index contributed by atoms with van der Waals surface area (Å²) in [6, 6.07) is 5.61. The van der Waals surface area contributed by atoms with E-state index in [2.05, 4.69) is 11.9 Å². The number of aryl methyl sites for hydroxylation is 1. The Hall–Kier alpha value is -1.55. The van der Waals surface area contributed by atoms with Crippen LogP contribution >= 0.6 is 0 Å². The van der Waals surface area contributed by atoms with Crippen molar-refractivity contribution >= 4 is 5.97 Å². The van der Waals surface area contributed by atoms with E-state index in [1.54, 1.807) is 18.2 Å². The summed E-state index contributed by atoms with van der Waals surface area (Å²) in [7, 11) is 2.16. The lowest BCUT2D eigenvalue weighted by Gasteiger charge is -2.19. The van der Waals surface area contributed by atoms with Gasteiger partial charge in [0.15, 0.2) is 0 Å². The molecule has 1 atom stereocenters. The highest BCUT2D eigenvalue weighted by atomic mass is 16.5. The molecule has 0 spiro atoms. The Morgan fingerprint density at radius 2 is 2.32 bits per heavy atom. The third-order valence-corrected chi connectivity index (χ3v) is 3.80. The van der Waals surface area contributed by atoms with Crippen LogP contribution in [0.5, 0.6) is 5.75 Å². The maximum atomic E-state index is 10.8. The lowest BCUT2D eigenvalue weighted by molar-refractivity contribution is 0.0696. The molecule has 1 N–H and O–H groups in total. The number of carboxylic acid groups (broad SMARTS) is 1. The molecule has 1 aliphatic heterocycles. The summed E-state index contributed by atoms with van der Waals surface area (Å²) < 4.78 is 5.76. The van der Waals surface area contributed by atoms with Gasteiger partial charge in [-0.3, -0.25) is 0 Å². The van der Waals surface area contributed by atoms with Gasteiger partial charge in [0, 0.05) is 6.04 Å². The van der Waals surface area contributed by atoms with Crippen molar-refractivity contribution in [1.82, 2.24) is 4.90 Å². The van der Waals surface area contributed by atoms with Crippen LogP contribution in [-0.4, -0.2) is 42.2 Å². The monoisotopic (exact) mass is 263 g/mol. The van der Waals surface area contributed by atoms with Crippen molar-refractivity contribution in [2.75, 3.05) is 20.2 Å². The van der Waals surface area contributed by atoms with Gasteiger partial charge in [-0.05, 0) is 63.5 Å². The highest BCUT2D eigenvalue weighted by molar-refractivity contribution is 5.88. The van der Waals surface area contributed by atoms with Gasteiger partial charge in [0.05, 0.1) is 12.2 Å². The largest absolute Gasteiger partial charge is 0.493 e. The van der Waals surface area contributed by atoms with Gasteiger partial charge in [-0.15, -0.1) is 0 Å². The molecule has 2 rings (SSSR count). The van der Waals surface area contributed by atoms with E-state index in [1.807, 2.05) is 6.92 Å². The van der Waals surface area contributed by atoms with Crippen molar-refractivity contribution in [3.05, 3.63) is 29.3 Å². The topological polar surface area (TPSA) is 49.8 Å². The molecule has 1 fully saturated rings. The average Bonchev–Trinajstić information content (AvgIpc) is 2.77. The molecular weight excluding hydrogens is 242 g/mol. The quantitative estimate of drug-likeness (QED) is 0.887. The van der Waals surface area contributed by atoms with Crippen LogP contribution in [0.1, 0.15) is 35.2 Å². The van der Waals surface area contributed by atoms with E-state index in [4.69, 9.17) is 9.84 Å². The fraction of sp³-hybridized carbons (Fsp3) is 0.533. The molecule has 0 radical (unpaired) electrons. The Labute approximate surface area is 114 Å². The van der Waals surface area contributed by atoms with Gasteiger partial charge < -0.3 is 14.7 Å².